The molecule has 1 aromatic heterocycles. The molecule has 8 nitrogen and oxygen atoms in total. The first-order valence-electron chi connectivity index (χ1n) is 10.0. The van der Waals surface area contributed by atoms with E-state index in [2.05, 4.69) is 20.7 Å². The predicted octanol–water partition coefficient (Wildman–Crippen LogP) is 4.24. The number of thioether (sulfide) groups is 1. The monoisotopic (exact) mass is 493 g/mol. The zero-order chi connectivity index (χ0) is 24.7. The van der Waals surface area contributed by atoms with E-state index in [1.54, 1.807) is 19.2 Å². The number of carbonyl (C=O) groups is 1. The number of nitrogens with zero attached hydrogens (tertiary/aromatic N) is 4. The number of methoxy groups -OCH3 is 2. The van der Waals surface area contributed by atoms with Crippen molar-refractivity contribution in [1.29, 1.82) is 0 Å². The summed E-state index contributed by atoms with van der Waals surface area (Å²) in [5.74, 6) is 1.17. The average Bonchev–Trinajstić information content (AvgIpc) is 3.24. The minimum Gasteiger partial charge on any atom is -0.493 e. The van der Waals surface area contributed by atoms with Crippen LogP contribution in [0.3, 0.4) is 0 Å². The summed E-state index contributed by atoms with van der Waals surface area (Å²) in [7, 11) is 3.08. The highest BCUT2D eigenvalue weighted by Crippen LogP contribution is 2.33. The third kappa shape index (κ3) is 5.87. The largest absolute Gasteiger partial charge is 0.493 e. The van der Waals surface area contributed by atoms with Crippen molar-refractivity contribution in [1.82, 2.24) is 20.2 Å². The number of aromatic nitrogens is 3. The number of hydrogen-bond acceptors (Lipinski definition) is 7. The van der Waals surface area contributed by atoms with Crippen LogP contribution in [0.2, 0.25) is 0 Å². The van der Waals surface area contributed by atoms with Crippen LogP contribution in [0.25, 0.3) is 11.4 Å². The molecule has 180 valence electrons. The van der Waals surface area contributed by atoms with Crippen LogP contribution in [0.1, 0.15) is 18.1 Å². The fraction of sp³-hybridized carbons (Fsp3) is 0.273. The molecule has 0 aliphatic carbocycles. The van der Waals surface area contributed by atoms with E-state index < -0.39 is 17.6 Å². The summed E-state index contributed by atoms with van der Waals surface area (Å²) in [5, 5.41) is 12.5. The van der Waals surface area contributed by atoms with Crippen molar-refractivity contribution in [2.45, 2.75) is 24.8 Å². The number of rotatable bonds is 9. The van der Waals surface area contributed by atoms with Gasteiger partial charge in [-0.25, -0.2) is 5.43 Å². The van der Waals surface area contributed by atoms with Crippen molar-refractivity contribution >= 4 is 23.9 Å². The highest BCUT2D eigenvalue weighted by atomic mass is 32.2. The van der Waals surface area contributed by atoms with Crippen molar-refractivity contribution in [3.8, 4) is 22.9 Å². The second-order valence-corrected chi connectivity index (χ2v) is 7.73. The zero-order valence-electron chi connectivity index (χ0n) is 18.6. The Bertz CT molecular complexity index is 1180. The molecule has 0 aliphatic heterocycles. The Balaban J connectivity index is 1.66. The van der Waals surface area contributed by atoms with Crippen LogP contribution in [0, 0.1) is 0 Å². The lowest BCUT2D eigenvalue weighted by atomic mass is 10.1. The number of benzene rings is 2. The quantitative estimate of drug-likeness (QED) is 0.272. The van der Waals surface area contributed by atoms with Gasteiger partial charge in [0.05, 0.1) is 31.8 Å². The molecule has 0 saturated carbocycles. The Kier molecular flexibility index (Phi) is 8.16. The second-order valence-electron chi connectivity index (χ2n) is 6.79. The normalized spacial score (nSPS) is 11.6. The Hall–Kier alpha value is -3.54. The first-order valence-corrected chi connectivity index (χ1v) is 11.0. The maximum absolute atomic E-state index is 13.0. The number of alkyl halides is 3. The minimum atomic E-state index is -4.52. The molecule has 0 radical (unpaired) electrons. The Morgan fingerprint density at radius 3 is 2.56 bits per heavy atom. The van der Waals surface area contributed by atoms with Crippen molar-refractivity contribution < 1.29 is 27.4 Å². The van der Waals surface area contributed by atoms with E-state index in [-0.39, 0.29) is 11.3 Å². The summed E-state index contributed by atoms with van der Waals surface area (Å²) in [6, 6.07) is 10.3. The standard InChI is InChI=1S/C22H22F3N5O3S/c1-4-30-20(14-9-10-17(32-2)18(11-14)33-3)28-29-21(30)34-13-19(31)27-26-12-15-7-5-6-8-16(15)22(23,24)25/h5-12H,4,13H2,1-3H3,(H,27,31)/b26-12-. The molecule has 0 saturated heterocycles. The summed E-state index contributed by atoms with van der Waals surface area (Å²) in [5.41, 5.74) is 2.02. The number of amides is 1. The van der Waals surface area contributed by atoms with Gasteiger partial charge in [-0.2, -0.15) is 18.3 Å². The second kappa shape index (κ2) is 11.1. The van der Waals surface area contributed by atoms with E-state index in [0.717, 1.165) is 29.6 Å². The molecule has 0 spiro atoms. The molecular weight excluding hydrogens is 471 g/mol. The third-order valence-corrected chi connectivity index (χ3v) is 5.63. The van der Waals surface area contributed by atoms with Gasteiger partial charge in [-0.05, 0) is 31.2 Å². The molecule has 0 fully saturated rings. The molecule has 1 amide bonds. The fourth-order valence-corrected chi connectivity index (χ4v) is 3.87. The molecule has 3 aromatic rings. The van der Waals surface area contributed by atoms with E-state index in [0.29, 0.717) is 29.0 Å². The summed E-state index contributed by atoms with van der Waals surface area (Å²) in [6.07, 6.45) is -3.55. The molecule has 2 aromatic carbocycles. The van der Waals surface area contributed by atoms with Crippen LogP contribution in [0.15, 0.2) is 52.7 Å². The van der Waals surface area contributed by atoms with Gasteiger partial charge >= 0.3 is 6.18 Å². The SMILES string of the molecule is CCn1c(SCC(=O)N/N=C\c2ccccc2C(F)(F)F)nnc1-c1ccc(OC)c(OC)c1. The lowest BCUT2D eigenvalue weighted by molar-refractivity contribution is -0.137. The van der Waals surface area contributed by atoms with Gasteiger partial charge in [0.2, 0.25) is 0 Å². The molecule has 0 bridgehead atoms. The van der Waals surface area contributed by atoms with Gasteiger partial charge in [0.1, 0.15) is 0 Å². The molecule has 0 aliphatic rings. The van der Waals surface area contributed by atoms with Gasteiger partial charge < -0.3 is 14.0 Å². The Morgan fingerprint density at radius 2 is 1.88 bits per heavy atom. The first kappa shape index (κ1) is 25.1. The topological polar surface area (TPSA) is 90.6 Å². The van der Waals surface area contributed by atoms with E-state index in [9.17, 15) is 18.0 Å². The molecule has 1 heterocycles. The minimum absolute atomic E-state index is 0.0532. The Morgan fingerprint density at radius 1 is 1.15 bits per heavy atom. The van der Waals surface area contributed by atoms with Crippen molar-refractivity contribution in [3.63, 3.8) is 0 Å². The number of hydrazone groups is 1. The maximum atomic E-state index is 13.0. The van der Waals surface area contributed by atoms with E-state index in [1.165, 1.54) is 25.3 Å². The molecular formula is C22H22F3N5O3S. The number of carbonyl (C=O) groups excluding carboxylic acids is 1. The third-order valence-electron chi connectivity index (χ3n) is 4.67. The number of halogens is 3. The van der Waals surface area contributed by atoms with Crippen molar-refractivity contribution in [2.75, 3.05) is 20.0 Å². The van der Waals surface area contributed by atoms with Crippen LogP contribution in [0.5, 0.6) is 11.5 Å². The molecule has 12 heteroatoms. The van der Waals surface area contributed by atoms with Crippen LogP contribution in [-0.4, -0.2) is 46.9 Å². The van der Waals surface area contributed by atoms with Gasteiger partial charge in [-0.15, -0.1) is 10.2 Å². The smallest absolute Gasteiger partial charge is 0.417 e. The summed E-state index contributed by atoms with van der Waals surface area (Å²) in [4.78, 5) is 12.2. The lowest BCUT2D eigenvalue weighted by Gasteiger charge is -2.11. The molecule has 34 heavy (non-hydrogen) atoms. The van der Waals surface area contributed by atoms with Crippen molar-refractivity contribution in [3.05, 3.63) is 53.6 Å². The predicted molar refractivity (Wildman–Crippen MR) is 122 cm³/mol. The van der Waals surface area contributed by atoms with E-state index in [4.69, 9.17) is 9.47 Å². The number of ether oxygens (including phenoxy) is 2. The van der Waals surface area contributed by atoms with E-state index >= 15 is 0 Å². The lowest BCUT2D eigenvalue weighted by Crippen LogP contribution is -2.20. The van der Waals surface area contributed by atoms with Gasteiger partial charge in [0.15, 0.2) is 22.5 Å². The first-order chi connectivity index (χ1) is 16.3. The van der Waals surface area contributed by atoms with E-state index in [1.807, 2.05) is 17.6 Å². The fourth-order valence-electron chi connectivity index (χ4n) is 3.07. The molecule has 1 N–H and O–H groups in total. The van der Waals surface area contributed by atoms with Crippen LogP contribution >= 0.6 is 11.8 Å². The van der Waals surface area contributed by atoms with Gasteiger partial charge in [0, 0.05) is 17.7 Å². The molecule has 3 rings (SSSR count). The highest BCUT2D eigenvalue weighted by Gasteiger charge is 2.32. The highest BCUT2D eigenvalue weighted by molar-refractivity contribution is 7.99. The molecule has 0 atom stereocenters. The number of hydrogen-bond donors (Lipinski definition) is 1. The van der Waals surface area contributed by atoms with Crippen LogP contribution < -0.4 is 14.9 Å². The zero-order valence-corrected chi connectivity index (χ0v) is 19.4. The summed E-state index contributed by atoms with van der Waals surface area (Å²) < 4.78 is 51.5. The number of nitrogens with one attached hydrogen (secondary N) is 1. The summed E-state index contributed by atoms with van der Waals surface area (Å²) in [6.45, 7) is 2.47. The van der Waals surface area contributed by atoms with Gasteiger partial charge in [-0.1, -0.05) is 30.0 Å². The van der Waals surface area contributed by atoms with Gasteiger partial charge in [-0.3, -0.25) is 4.79 Å². The average molecular weight is 494 g/mol. The Labute approximate surface area is 198 Å². The van der Waals surface area contributed by atoms with Gasteiger partial charge in [0.25, 0.3) is 5.91 Å². The van der Waals surface area contributed by atoms with Crippen molar-refractivity contribution in [2.24, 2.45) is 5.10 Å². The summed E-state index contributed by atoms with van der Waals surface area (Å²) >= 11 is 1.13. The van der Waals surface area contributed by atoms with Crippen LogP contribution in [0.4, 0.5) is 13.2 Å². The maximum Gasteiger partial charge on any atom is 0.417 e. The molecule has 0 unspecified atom stereocenters. The van der Waals surface area contributed by atoms with Crippen LogP contribution in [-0.2, 0) is 17.5 Å².